The van der Waals surface area contributed by atoms with Gasteiger partial charge in [0.05, 0.1) is 19.1 Å². The van der Waals surface area contributed by atoms with Gasteiger partial charge >= 0.3 is 17.6 Å². The van der Waals surface area contributed by atoms with Gasteiger partial charge in [-0.2, -0.15) is 0 Å². The molecule has 6 rings (SSSR count). The Labute approximate surface area is 213 Å². The molecule has 4 saturated carbocycles. The smallest absolute Gasteiger partial charge is 0.333 e. The summed E-state index contributed by atoms with van der Waals surface area (Å²) in [7, 11) is 1.13. The third-order valence-corrected chi connectivity index (χ3v) is 8.25. The SMILES string of the molecule is COC(=O)Cn1c(=O)c(C(=O)COC(=O)C23CC4CC(CC(C4)C2)C3)c(N)n(Cc2ccccc2)c1=O. The lowest BCUT2D eigenvalue weighted by Gasteiger charge is -2.55. The predicted octanol–water partition coefficient (Wildman–Crippen LogP) is 1.76. The molecule has 0 atom stereocenters. The molecule has 4 fully saturated rings. The number of benzene rings is 1. The van der Waals surface area contributed by atoms with Gasteiger partial charge in [0.15, 0.2) is 6.61 Å². The topological polar surface area (TPSA) is 140 Å². The number of nitrogen functional groups attached to an aromatic ring is 1. The minimum Gasteiger partial charge on any atom is -0.468 e. The Bertz CT molecular complexity index is 1320. The van der Waals surface area contributed by atoms with Crippen LogP contribution < -0.4 is 17.0 Å². The van der Waals surface area contributed by atoms with Crippen LogP contribution in [0.25, 0.3) is 0 Å². The number of anilines is 1. The molecule has 0 saturated heterocycles. The van der Waals surface area contributed by atoms with Crippen LogP contribution in [0.4, 0.5) is 5.82 Å². The van der Waals surface area contributed by atoms with Crippen LogP contribution in [0.3, 0.4) is 0 Å². The number of methoxy groups -OCH3 is 1. The van der Waals surface area contributed by atoms with Crippen molar-refractivity contribution in [2.45, 2.75) is 51.6 Å². The molecule has 10 heteroatoms. The number of nitrogens with two attached hydrogens (primary N) is 1. The molecule has 2 N–H and O–H groups in total. The van der Waals surface area contributed by atoms with Gasteiger partial charge in [-0.05, 0) is 61.8 Å². The zero-order chi connectivity index (χ0) is 26.3. The van der Waals surface area contributed by atoms with E-state index in [2.05, 4.69) is 4.74 Å². The standard InChI is InChI=1S/C27H31N3O7/c1-36-21(32)14-30-24(33)22(23(28)29(26(30)35)13-16-5-3-2-4-6-16)20(31)15-37-25(34)27-10-17-7-18(11-27)9-19(8-17)12-27/h2-6,17-19H,7-15,28H2,1H3. The van der Waals surface area contributed by atoms with Crippen LogP contribution in [0.5, 0.6) is 0 Å². The van der Waals surface area contributed by atoms with Gasteiger partial charge in [-0.15, -0.1) is 0 Å². The minimum atomic E-state index is -1.02. The van der Waals surface area contributed by atoms with Crippen LogP contribution in [-0.2, 0) is 32.2 Å². The first-order valence-corrected chi connectivity index (χ1v) is 12.6. The second-order valence-corrected chi connectivity index (χ2v) is 10.8. The zero-order valence-electron chi connectivity index (χ0n) is 20.8. The number of aromatic nitrogens is 2. The number of carbonyl (C=O) groups excluding carboxylic acids is 3. The Morgan fingerprint density at radius 2 is 1.57 bits per heavy atom. The molecule has 196 valence electrons. The van der Waals surface area contributed by atoms with Crippen LogP contribution in [0.2, 0.25) is 0 Å². The average Bonchev–Trinajstić information content (AvgIpc) is 2.87. The van der Waals surface area contributed by atoms with Gasteiger partial charge < -0.3 is 15.2 Å². The van der Waals surface area contributed by atoms with Crippen molar-refractivity contribution in [3.8, 4) is 0 Å². The normalized spacial score (nSPS) is 25.6. The summed E-state index contributed by atoms with van der Waals surface area (Å²) in [5.41, 5.74) is 3.98. The van der Waals surface area contributed by atoms with Crippen LogP contribution >= 0.6 is 0 Å². The fourth-order valence-corrected chi connectivity index (χ4v) is 6.95. The van der Waals surface area contributed by atoms with Crippen molar-refractivity contribution in [1.82, 2.24) is 9.13 Å². The van der Waals surface area contributed by atoms with E-state index in [0.717, 1.165) is 50.2 Å². The van der Waals surface area contributed by atoms with Crippen molar-refractivity contribution < 1.29 is 23.9 Å². The number of esters is 2. The summed E-state index contributed by atoms with van der Waals surface area (Å²) < 4.78 is 11.8. The van der Waals surface area contributed by atoms with E-state index in [1.807, 2.05) is 0 Å². The number of ether oxygens (including phenoxy) is 2. The highest BCUT2D eigenvalue weighted by Gasteiger charge is 2.55. The molecule has 37 heavy (non-hydrogen) atoms. The van der Waals surface area contributed by atoms with Crippen molar-refractivity contribution in [2.75, 3.05) is 19.5 Å². The van der Waals surface area contributed by atoms with Gasteiger partial charge in [0, 0.05) is 0 Å². The lowest BCUT2D eigenvalue weighted by molar-refractivity contribution is -0.170. The van der Waals surface area contributed by atoms with E-state index in [1.54, 1.807) is 30.3 Å². The summed E-state index contributed by atoms with van der Waals surface area (Å²) in [6.07, 6.45) is 5.81. The summed E-state index contributed by atoms with van der Waals surface area (Å²) in [6, 6.07) is 8.88. The molecule has 0 amide bonds. The fraction of sp³-hybridized carbons (Fsp3) is 0.519. The van der Waals surface area contributed by atoms with E-state index in [1.165, 1.54) is 0 Å². The summed E-state index contributed by atoms with van der Waals surface area (Å²) >= 11 is 0. The number of carbonyl (C=O) groups is 3. The van der Waals surface area contributed by atoms with Crippen LogP contribution in [-0.4, -0.2) is 40.6 Å². The third kappa shape index (κ3) is 4.60. The van der Waals surface area contributed by atoms with E-state index in [4.69, 9.17) is 10.5 Å². The van der Waals surface area contributed by atoms with Gasteiger partial charge in [-0.1, -0.05) is 30.3 Å². The first-order chi connectivity index (χ1) is 17.7. The number of ketones is 1. The molecular formula is C27H31N3O7. The Hall–Kier alpha value is -3.69. The lowest BCUT2D eigenvalue weighted by atomic mass is 9.49. The molecule has 4 aliphatic carbocycles. The molecular weight excluding hydrogens is 478 g/mol. The number of hydrogen-bond donors (Lipinski definition) is 1. The maximum atomic E-state index is 13.2. The van der Waals surface area contributed by atoms with Crippen molar-refractivity contribution in [1.29, 1.82) is 0 Å². The first-order valence-electron chi connectivity index (χ1n) is 12.6. The monoisotopic (exact) mass is 509 g/mol. The molecule has 4 bridgehead atoms. The highest BCUT2D eigenvalue weighted by Crippen LogP contribution is 2.60. The maximum absolute atomic E-state index is 13.2. The molecule has 0 aliphatic heterocycles. The molecule has 1 heterocycles. The fourth-order valence-electron chi connectivity index (χ4n) is 6.95. The Morgan fingerprint density at radius 1 is 0.973 bits per heavy atom. The van der Waals surface area contributed by atoms with Crippen LogP contribution in [0.15, 0.2) is 39.9 Å². The van der Waals surface area contributed by atoms with Gasteiger partial charge in [0.2, 0.25) is 5.78 Å². The van der Waals surface area contributed by atoms with Gasteiger partial charge in [-0.3, -0.25) is 23.7 Å². The highest BCUT2D eigenvalue weighted by atomic mass is 16.5. The summed E-state index contributed by atoms with van der Waals surface area (Å²) in [4.78, 5) is 64.7. The van der Waals surface area contributed by atoms with Gasteiger partial charge in [-0.25, -0.2) is 9.36 Å². The molecule has 0 spiro atoms. The zero-order valence-corrected chi connectivity index (χ0v) is 20.8. The lowest BCUT2D eigenvalue weighted by Crippen LogP contribution is -2.51. The third-order valence-electron chi connectivity index (χ3n) is 8.25. The maximum Gasteiger partial charge on any atom is 0.333 e. The largest absolute Gasteiger partial charge is 0.468 e. The van der Waals surface area contributed by atoms with Crippen LogP contribution in [0.1, 0.15) is 54.4 Å². The molecule has 1 aromatic heterocycles. The van der Waals surface area contributed by atoms with E-state index < -0.39 is 53.1 Å². The van der Waals surface area contributed by atoms with E-state index >= 15 is 0 Å². The Morgan fingerprint density at radius 3 is 2.14 bits per heavy atom. The molecule has 1 aromatic carbocycles. The van der Waals surface area contributed by atoms with E-state index in [-0.39, 0.29) is 12.4 Å². The van der Waals surface area contributed by atoms with E-state index in [0.29, 0.717) is 27.9 Å². The van der Waals surface area contributed by atoms with Gasteiger partial charge in [0.1, 0.15) is 17.9 Å². The van der Waals surface area contributed by atoms with Crippen molar-refractivity contribution in [3.63, 3.8) is 0 Å². The number of Topliss-reactive ketones (excluding diaryl/α,β-unsaturated/α-hetero) is 1. The summed E-state index contributed by atoms with van der Waals surface area (Å²) in [6.45, 7) is -1.38. The number of nitrogens with zero attached hydrogens (tertiary/aromatic N) is 2. The Balaban J connectivity index is 1.43. The summed E-state index contributed by atoms with van der Waals surface area (Å²) in [5, 5.41) is 0. The van der Waals surface area contributed by atoms with Gasteiger partial charge in [0.25, 0.3) is 5.56 Å². The van der Waals surface area contributed by atoms with Crippen molar-refractivity contribution in [3.05, 3.63) is 62.3 Å². The molecule has 0 unspecified atom stereocenters. The van der Waals surface area contributed by atoms with Crippen LogP contribution in [0, 0.1) is 23.2 Å². The number of hydrogen-bond acceptors (Lipinski definition) is 8. The second kappa shape index (κ2) is 9.64. The summed E-state index contributed by atoms with van der Waals surface area (Å²) in [5.74, 6) is -0.809. The minimum absolute atomic E-state index is 0.0275. The van der Waals surface area contributed by atoms with Crippen molar-refractivity contribution in [2.24, 2.45) is 23.2 Å². The first kappa shape index (κ1) is 25.0. The predicted molar refractivity (Wildman–Crippen MR) is 133 cm³/mol. The average molecular weight is 510 g/mol. The molecule has 2 aromatic rings. The number of rotatable bonds is 8. The highest BCUT2D eigenvalue weighted by molar-refractivity contribution is 6.01. The van der Waals surface area contributed by atoms with E-state index in [9.17, 15) is 24.0 Å². The molecule has 4 aliphatic rings. The second-order valence-electron chi connectivity index (χ2n) is 10.8. The van der Waals surface area contributed by atoms with Crippen molar-refractivity contribution >= 4 is 23.5 Å². The quantitative estimate of drug-likeness (QED) is 0.419. The Kier molecular flexibility index (Phi) is 6.51. The molecule has 10 nitrogen and oxygen atoms in total. The molecule has 0 radical (unpaired) electrons.